The number of nitrogens with one attached hydrogen (secondary N) is 1. The first kappa shape index (κ1) is 13.8. The van der Waals surface area contributed by atoms with Gasteiger partial charge in [-0.15, -0.1) is 0 Å². The van der Waals surface area contributed by atoms with E-state index in [1.165, 1.54) is 31.3 Å². The largest absolute Gasteiger partial charge is 0.381 e. The molecule has 0 atom stereocenters. The fourth-order valence-corrected chi connectivity index (χ4v) is 3.19. The molecule has 0 unspecified atom stereocenters. The molecule has 0 amide bonds. The van der Waals surface area contributed by atoms with Crippen LogP contribution in [0.1, 0.15) is 19.8 Å². The maximum atomic E-state index is 4.53. The molecule has 1 aromatic carbocycles. The minimum Gasteiger partial charge on any atom is -0.381 e. The van der Waals surface area contributed by atoms with Gasteiger partial charge in [-0.1, -0.05) is 22.9 Å². The number of halogens is 1. The first-order chi connectivity index (χ1) is 9.74. The molecule has 0 spiro atoms. The zero-order valence-electron chi connectivity index (χ0n) is 11.8. The number of hydrogen-bond acceptors (Lipinski definition) is 3. The Bertz CT molecular complexity index is 591. The second-order valence-corrected chi connectivity index (χ2v) is 6.33. The SMILES string of the molecule is CCN1CCC(Nc2cnc3ccc(Br)cc3c2)CC1. The number of benzene rings is 1. The Labute approximate surface area is 128 Å². The molecule has 2 aromatic rings. The van der Waals surface area contributed by atoms with Crippen LogP contribution in [0.2, 0.25) is 0 Å². The molecule has 1 aromatic heterocycles. The Hall–Kier alpha value is -1.13. The van der Waals surface area contributed by atoms with Gasteiger partial charge in [-0.05, 0) is 43.7 Å². The van der Waals surface area contributed by atoms with E-state index in [-0.39, 0.29) is 0 Å². The van der Waals surface area contributed by atoms with E-state index in [2.05, 4.69) is 50.2 Å². The van der Waals surface area contributed by atoms with E-state index in [1.54, 1.807) is 0 Å². The predicted molar refractivity (Wildman–Crippen MR) is 88.2 cm³/mol. The van der Waals surface area contributed by atoms with Crippen molar-refractivity contribution in [2.45, 2.75) is 25.8 Å². The molecule has 3 nitrogen and oxygen atoms in total. The average Bonchev–Trinajstić information content (AvgIpc) is 2.47. The predicted octanol–water partition coefficient (Wildman–Crippen LogP) is 3.89. The van der Waals surface area contributed by atoms with Crippen LogP contribution in [0, 0.1) is 0 Å². The highest BCUT2D eigenvalue weighted by Crippen LogP contribution is 2.22. The summed E-state index contributed by atoms with van der Waals surface area (Å²) in [5.74, 6) is 0. The van der Waals surface area contributed by atoms with Gasteiger partial charge in [0.1, 0.15) is 0 Å². The third-order valence-electron chi connectivity index (χ3n) is 4.05. The molecule has 106 valence electrons. The van der Waals surface area contributed by atoms with Crippen LogP contribution in [0.15, 0.2) is 34.9 Å². The zero-order chi connectivity index (χ0) is 13.9. The number of rotatable bonds is 3. The smallest absolute Gasteiger partial charge is 0.0704 e. The van der Waals surface area contributed by atoms with Crippen LogP contribution in [0.5, 0.6) is 0 Å². The van der Waals surface area contributed by atoms with Crippen molar-refractivity contribution in [2.75, 3.05) is 25.0 Å². The summed E-state index contributed by atoms with van der Waals surface area (Å²) in [4.78, 5) is 7.03. The third-order valence-corrected chi connectivity index (χ3v) is 4.54. The number of anilines is 1. The highest BCUT2D eigenvalue weighted by Gasteiger charge is 2.17. The molecule has 1 aliphatic rings. The maximum absolute atomic E-state index is 4.53. The standard InChI is InChI=1S/C16H20BrN3/c1-2-20-7-5-14(6-8-20)19-15-10-12-9-13(17)3-4-16(12)18-11-15/h3-4,9-11,14,19H,2,5-8H2,1H3. The van der Waals surface area contributed by atoms with E-state index in [0.29, 0.717) is 6.04 Å². The molecule has 0 radical (unpaired) electrons. The van der Waals surface area contributed by atoms with Gasteiger partial charge in [0.2, 0.25) is 0 Å². The van der Waals surface area contributed by atoms with Crippen LogP contribution >= 0.6 is 15.9 Å². The number of fused-ring (bicyclic) bond motifs is 1. The van der Waals surface area contributed by atoms with Crippen LogP contribution in [0.4, 0.5) is 5.69 Å². The summed E-state index contributed by atoms with van der Waals surface area (Å²) >= 11 is 3.52. The summed E-state index contributed by atoms with van der Waals surface area (Å²) in [6, 6.07) is 8.96. The van der Waals surface area contributed by atoms with E-state index in [4.69, 9.17) is 0 Å². The second-order valence-electron chi connectivity index (χ2n) is 5.41. The quantitative estimate of drug-likeness (QED) is 0.923. The Morgan fingerprint density at radius 1 is 1.30 bits per heavy atom. The molecule has 0 aliphatic carbocycles. The van der Waals surface area contributed by atoms with Gasteiger partial charge in [0, 0.05) is 29.0 Å². The van der Waals surface area contributed by atoms with Gasteiger partial charge >= 0.3 is 0 Å². The third kappa shape index (κ3) is 3.13. The van der Waals surface area contributed by atoms with Crippen molar-refractivity contribution >= 4 is 32.5 Å². The number of nitrogens with zero attached hydrogens (tertiary/aromatic N) is 2. The van der Waals surface area contributed by atoms with Crippen LogP contribution < -0.4 is 5.32 Å². The van der Waals surface area contributed by atoms with Gasteiger partial charge in [-0.3, -0.25) is 4.98 Å². The molecule has 3 rings (SSSR count). The Balaban J connectivity index is 1.71. The van der Waals surface area contributed by atoms with Crippen molar-refractivity contribution in [2.24, 2.45) is 0 Å². The summed E-state index contributed by atoms with van der Waals surface area (Å²) in [7, 11) is 0. The minimum atomic E-state index is 0.573. The molecule has 0 saturated carbocycles. The second kappa shape index (κ2) is 6.10. The van der Waals surface area contributed by atoms with Gasteiger partial charge in [-0.25, -0.2) is 0 Å². The Morgan fingerprint density at radius 2 is 2.10 bits per heavy atom. The lowest BCUT2D eigenvalue weighted by atomic mass is 10.0. The van der Waals surface area contributed by atoms with Crippen molar-refractivity contribution in [3.05, 3.63) is 34.9 Å². The molecule has 2 heterocycles. The molecule has 4 heteroatoms. The van der Waals surface area contributed by atoms with Crippen LogP contribution in [0.25, 0.3) is 10.9 Å². The maximum Gasteiger partial charge on any atom is 0.0704 e. The highest BCUT2D eigenvalue weighted by molar-refractivity contribution is 9.10. The van der Waals surface area contributed by atoms with Crippen LogP contribution in [-0.4, -0.2) is 35.6 Å². The van der Waals surface area contributed by atoms with E-state index in [1.807, 2.05) is 18.3 Å². The fraction of sp³-hybridized carbons (Fsp3) is 0.438. The molecule has 20 heavy (non-hydrogen) atoms. The monoisotopic (exact) mass is 333 g/mol. The van der Waals surface area contributed by atoms with Gasteiger partial charge in [0.15, 0.2) is 0 Å². The molecule has 1 aliphatic heterocycles. The fourth-order valence-electron chi connectivity index (χ4n) is 2.81. The van der Waals surface area contributed by atoms with E-state index in [9.17, 15) is 0 Å². The van der Waals surface area contributed by atoms with Crippen molar-refractivity contribution in [3.8, 4) is 0 Å². The minimum absolute atomic E-state index is 0.573. The summed E-state index contributed by atoms with van der Waals surface area (Å²) in [6.07, 6.45) is 4.37. The highest BCUT2D eigenvalue weighted by atomic mass is 79.9. The van der Waals surface area contributed by atoms with Crippen LogP contribution in [-0.2, 0) is 0 Å². The van der Waals surface area contributed by atoms with Gasteiger partial charge in [0.25, 0.3) is 0 Å². The average molecular weight is 334 g/mol. The molecule has 1 fully saturated rings. The van der Waals surface area contributed by atoms with Crippen LogP contribution in [0.3, 0.4) is 0 Å². The summed E-state index contributed by atoms with van der Waals surface area (Å²) < 4.78 is 1.10. The summed E-state index contributed by atoms with van der Waals surface area (Å²) in [5, 5.41) is 4.81. The number of aromatic nitrogens is 1. The summed E-state index contributed by atoms with van der Waals surface area (Å²) in [6.45, 7) is 5.79. The lowest BCUT2D eigenvalue weighted by Crippen LogP contribution is -2.38. The first-order valence-corrected chi connectivity index (χ1v) is 8.08. The normalized spacial score (nSPS) is 17.5. The summed E-state index contributed by atoms with van der Waals surface area (Å²) in [5.41, 5.74) is 2.17. The molecule has 0 bridgehead atoms. The van der Waals surface area contributed by atoms with Crippen molar-refractivity contribution in [1.29, 1.82) is 0 Å². The number of piperidine rings is 1. The van der Waals surface area contributed by atoms with Crippen molar-refractivity contribution in [1.82, 2.24) is 9.88 Å². The number of likely N-dealkylation sites (tertiary alicyclic amines) is 1. The van der Waals surface area contributed by atoms with E-state index >= 15 is 0 Å². The van der Waals surface area contributed by atoms with Gasteiger partial charge < -0.3 is 10.2 Å². The topological polar surface area (TPSA) is 28.2 Å². The van der Waals surface area contributed by atoms with Crippen molar-refractivity contribution in [3.63, 3.8) is 0 Å². The van der Waals surface area contributed by atoms with Crippen molar-refractivity contribution < 1.29 is 0 Å². The first-order valence-electron chi connectivity index (χ1n) is 7.29. The molecule has 1 saturated heterocycles. The van der Waals surface area contributed by atoms with E-state index in [0.717, 1.165) is 22.2 Å². The van der Waals surface area contributed by atoms with E-state index < -0.39 is 0 Å². The molecular weight excluding hydrogens is 314 g/mol. The molecule has 1 N–H and O–H groups in total. The zero-order valence-corrected chi connectivity index (χ0v) is 13.4. The Kier molecular flexibility index (Phi) is 4.22. The number of pyridine rings is 1. The lowest BCUT2D eigenvalue weighted by molar-refractivity contribution is 0.229. The van der Waals surface area contributed by atoms with Gasteiger partial charge in [-0.2, -0.15) is 0 Å². The lowest BCUT2D eigenvalue weighted by Gasteiger charge is -2.31. The number of hydrogen-bond donors (Lipinski definition) is 1. The van der Waals surface area contributed by atoms with Gasteiger partial charge in [0.05, 0.1) is 17.4 Å². The Morgan fingerprint density at radius 3 is 2.85 bits per heavy atom. The molecular formula is C16H20BrN3.